The van der Waals surface area contributed by atoms with Crippen molar-refractivity contribution >= 4 is 10.0 Å². The third-order valence-corrected chi connectivity index (χ3v) is 4.16. The van der Waals surface area contributed by atoms with Crippen LogP contribution in [0.2, 0.25) is 0 Å². The van der Waals surface area contributed by atoms with Crippen molar-refractivity contribution < 1.29 is 8.42 Å². The first kappa shape index (κ1) is 9.99. The minimum Gasteiger partial charge on any atom is -0.228 e. The molecule has 0 aromatic heterocycles. The van der Waals surface area contributed by atoms with Gasteiger partial charge in [0.05, 0.1) is 5.25 Å². The van der Waals surface area contributed by atoms with Crippen LogP contribution in [0, 0.1) is 11.3 Å². The minimum absolute atomic E-state index is 0.135. The maximum atomic E-state index is 11.1. The van der Waals surface area contributed by atoms with Gasteiger partial charge in [0.1, 0.15) is 0 Å². The summed E-state index contributed by atoms with van der Waals surface area (Å²) in [5, 5.41) is 4.80. The van der Waals surface area contributed by atoms with E-state index in [0.717, 1.165) is 6.42 Å². The molecule has 12 heavy (non-hydrogen) atoms. The Kier molecular flexibility index (Phi) is 2.25. The largest absolute Gasteiger partial charge is 0.228 e. The molecule has 1 fully saturated rings. The molecule has 2 unspecified atom stereocenters. The van der Waals surface area contributed by atoms with Crippen molar-refractivity contribution in [1.82, 2.24) is 0 Å². The Balaban J connectivity index is 2.85. The van der Waals surface area contributed by atoms with Crippen LogP contribution in [0.25, 0.3) is 0 Å². The van der Waals surface area contributed by atoms with Gasteiger partial charge in [-0.2, -0.15) is 0 Å². The highest BCUT2D eigenvalue weighted by molar-refractivity contribution is 7.89. The van der Waals surface area contributed by atoms with Gasteiger partial charge in [0, 0.05) is 0 Å². The Morgan fingerprint density at radius 2 is 1.83 bits per heavy atom. The first-order valence-electron chi connectivity index (χ1n) is 4.24. The summed E-state index contributed by atoms with van der Waals surface area (Å²) >= 11 is 0. The summed E-state index contributed by atoms with van der Waals surface area (Å²) in [4.78, 5) is 0. The van der Waals surface area contributed by atoms with Crippen molar-refractivity contribution in [3.8, 4) is 0 Å². The fourth-order valence-corrected chi connectivity index (χ4v) is 3.70. The van der Waals surface area contributed by atoms with E-state index in [1.165, 1.54) is 0 Å². The van der Waals surface area contributed by atoms with Gasteiger partial charge in [-0.1, -0.05) is 20.8 Å². The zero-order valence-electron chi connectivity index (χ0n) is 7.87. The van der Waals surface area contributed by atoms with Crippen molar-refractivity contribution in [2.45, 2.75) is 38.9 Å². The SMILES string of the molecule is CC1CC(C)(C)CC1S(N)(=O)=O. The van der Waals surface area contributed by atoms with Crippen molar-refractivity contribution in [3.63, 3.8) is 0 Å². The Labute approximate surface area is 74.4 Å². The number of nitrogens with two attached hydrogens (primary N) is 1. The summed E-state index contributed by atoms with van der Waals surface area (Å²) in [7, 11) is -3.32. The van der Waals surface area contributed by atoms with Crippen LogP contribution in [-0.4, -0.2) is 13.7 Å². The highest BCUT2D eigenvalue weighted by Crippen LogP contribution is 2.43. The molecule has 0 saturated heterocycles. The smallest absolute Gasteiger partial charge is 0.212 e. The van der Waals surface area contributed by atoms with Crippen LogP contribution in [-0.2, 0) is 10.0 Å². The molecular weight excluding hydrogens is 174 g/mol. The van der Waals surface area contributed by atoms with Crippen molar-refractivity contribution in [3.05, 3.63) is 0 Å². The van der Waals surface area contributed by atoms with Crippen LogP contribution in [0.4, 0.5) is 0 Å². The molecular formula is C8H17NO2S. The van der Waals surface area contributed by atoms with E-state index in [0.29, 0.717) is 6.42 Å². The van der Waals surface area contributed by atoms with Gasteiger partial charge in [0.15, 0.2) is 0 Å². The summed E-state index contributed by atoms with van der Waals surface area (Å²) in [5.74, 6) is 0.204. The van der Waals surface area contributed by atoms with Crippen LogP contribution >= 0.6 is 0 Å². The molecule has 0 radical (unpaired) electrons. The fourth-order valence-electron chi connectivity index (χ4n) is 2.27. The third kappa shape index (κ3) is 1.98. The summed E-state index contributed by atoms with van der Waals surface area (Å²) in [6.45, 7) is 6.15. The zero-order chi connectivity index (χ0) is 9.57. The molecule has 0 amide bonds. The summed E-state index contributed by atoms with van der Waals surface area (Å²) in [6.07, 6.45) is 1.65. The molecule has 1 aliphatic rings. The quantitative estimate of drug-likeness (QED) is 0.674. The van der Waals surface area contributed by atoms with Gasteiger partial charge in [-0.05, 0) is 24.2 Å². The second-order valence-electron chi connectivity index (χ2n) is 4.68. The van der Waals surface area contributed by atoms with E-state index in [9.17, 15) is 8.42 Å². The average molecular weight is 191 g/mol. The minimum atomic E-state index is -3.32. The number of hydrogen-bond donors (Lipinski definition) is 1. The summed E-state index contributed by atoms with van der Waals surface area (Å²) < 4.78 is 22.2. The van der Waals surface area contributed by atoms with Crippen LogP contribution in [0.5, 0.6) is 0 Å². The molecule has 1 saturated carbocycles. The van der Waals surface area contributed by atoms with E-state index in [4.69, 9.17) is 5.14 Å². The van der Waals surface area contributed by atoms with E-state index >= 15 is 0 Å². The lowest BCUT2D eigenvalue weighted by molar-refractivity contribution is 0.366. The second-order valence-corrected chi connectivity index (χ2v) is 6.46. The van der Waals surface area contributed by atoms with Gasteiger partial charge in [-0.25, -0.2) is 13.6 Å². The Morgan fingerprint density at radius 1 is 1.33 bits per heavy atom. The molecule has 2 atom stereocenters. The van der Waals surface area contributed by atoms with Crippen LogP contribution < -0.4 is 5.14 Å². The highest BCUT2D eigenvalue weighted by Gasteiger charge is 2.42. The molecule has 0 heterocycles. The molecule has 0 bridgehead atoms. The summed E-state index contributed by atoms with van der Waals surface area (Å²) in [6, 6.07) is 0. The Morgan fingerprint density at radius 3 is 2.00 bits per heavy atom. The molecule has 0 aromatic rings. The highest BCUT2D eigenvalue weighted by atomic mass is 32.2. The van der Waals surface area contributed by atoms with Crippen LogP contribution in [0.15, 0.2) is 0 Å². The fraction of sp³-hybridized carbons (Fsp3) is 1.00. The average Bonchev–Trinajstić information content (AvgIpc) is 2.03. The van der Waals surface area contributed by atoms with E-state index in [-0.39, 0.29) is 16.6 Å². The van der Waals surface area contributed by atoms with E-state index in [1.807, 2.05) is 6.92 Å². The lowest BCUT2D eigenvalue weighted by atomic mass is 9.91. The van der Waals surface area contributed by atoms with Gasteiger partial charge in [0.25, 0.3) is 0 Å². The van der Waals surface area contributed by atoms with Crippen molar-refractivity contribution in [2.24, 2.45) is 16.5 Å². The topological polar surface area (TPSA) is 60.2 Å². The van der Waals surface area contributed by atoms with Gasteiger partial charge in [0.2, 0.25) is 10.0 Å². The monoisotopic (exact) mass is 191 g/mol. The first-order chi connectivity index (χ1) is 5.22. The molecule has 1 aliphatic carbocycles. The van der Waals surface area contributed by atoms with Gasteiger partial charge >= 0.3 is 0 Å². The molecule has 4 heteroatoms. The van der Waals surface area contributed by atoms with Crippen molar-refractivity contribution in [2.75, 3.05) is 0 Å². The van der Waals surface area contributed by atoms with Crippen molar-refractivity contribution in [1.29, 1.82) is 0 Å². The molecule has 0 aromatic carbocycles. The first-order valence-corrected chi connectivity index (χ1v) is 5.85. The molecule has 0 spiro atoms. The molecule has 1 rings (SSSR count). The lowest BCUT2D eigenvalue weighted by Gasteiger charge is -2.15. The normalized spacial score (nSPS) is 35.3. The number of hydrogen-bond acceptors (Lipinski definition) is 2. The maximum Gasteiger partial charge on any atom is 0.212 e. The van der Waals surface area contributed by atoms with Crippen LogP contribution in [0.3, 0.4) is 0 Å². The predicted molar refractivity (Wildman–Crippen MR) is 49.1 cm³/mol. The van der Waals surface area contributed by atoms with Crippen LogP contribution in [0.1, 0.15) is 33.6 Å². The predicted octanol–water partition coefficient (Wildman–Crippen LogP) is 1.10. The summed E-state index contributed by atoms with van der Waals surface area (Å²) in [5.41, 5.74) is 0.135. The van der Waals surface area contributed by atoms with E-state index in [1.54, 1.807) is 0 Å². The van der Waals surface area contributed by atoms with E-state index in [2.05, 4.69) is 13.8 Å². The molecule has 3 nitrogen and oxygen atoms in total. The van der Waals surface area contributed by atoms with Gasteiger partial charge < -0.3 is 0 Å². The third-order valence-electron chi connectivity index (χ3n) is 2.68. The lowest BCUT2D eigenvalue weighted by Crippen LogP contribution is -2.30. The molecule has 72 valence electrons. The molecule has 0 aliphatic heterocycles. The van der Waals surface area contributed by atoms with Gasteiger partial charge in [-0.3, -0.25) is 0 Å². The molecule has 2 N–H and O–H groups in total. The van der Waals surface area contributed by atoms with E-state index < -0.39 is 10.0 Å². The number of rotatable bonds is 1. The Hall–Kier alpha value is -0.0900. The number of primary sulfonamides is 1. The standard InChI is InChI=1S/C8H17NO2S/c1-6-4-8(2,3)5-7(6)12(9,10)11/h6-7H,4-5H2,1-3H3,(H2,9,10,11). The zero-order valence-corrected chi connectivity index (χ0v) is 8.69. The van der Waals surface area contributed by atoms with Gasteiger partial charge in [-0.15, -0.1) is 0 Å². The maximum absolute atomic E-state index is 11.1. The second kappa shape index (κ2) is 2.70. The number of sulfonamides is 1. The Bertz CT molecular complexity index is 269.